The predicted molar refractivity (Wildman–Crippen MR) is 88.7 cm³/mol. The summed E-state index contributed by atoms with van der Waals surface area (Å²) in [6.07, 6.45) is 8.10. The highest BCUT2D eigenvalue weighted by molar-refractivity contribution is 9.10. The van der Waals surface area contributed by atoms with Gasteiger partial charge in [-0.25, -0.2) is 4.39 Å². The molecule has 1 aromatic carbocycles. The fourth-order valence-corrected chi connectivity index (χ4v) is 4.75. The van der Waals surface area contributed by atoms with Crippen molar-refractivity contribution in [3.05, 3.63) is 34.1 Å². The molecular formula is C18H25BrFN. The maximum absolute atomic E-state index is 13.5. The Morgan fingerprint density at radius 3 is 2.81 bits per heavy atom. The van der Waals surface area contributed by atoms with Gasteiger partial charge in [0.25, 0.3) is 0 Å². The van der Waals surface area contributed by atoms with Gasteiger partial charge < -0.3 is 5.32 Å². The Labute approximate surface area is 135 Å². The maximum atomic E-state index is 13.5. The molecule has 0 aromatic heterocycles. The van der Waals surface area contributed by atoms with Crippen LogP contribution in [0, 0.1) is 23.6 Å². The quantitative estimate of drug-likeness (QED) is 0.716. The zero-order valence-corrected chi connectivity index (χ0v) is 14.3. The lowest BCUT2D eigenvalue weighted by molar-refractivity contribution is 0.279. The van der Waals surface area contributed by atoms with E-state index in [1.54, 1.807) is 6.07 Å². The number of fused-ring (bicyclic) bond motifs is 2. The van der Waals surface area contributed by atoms with Crippen LogP contribution in [0.15, 0.2) is 22.7 Å². The molecule has 2 saturated carbocycles. The van der Waals surface area contributed by atoms with Crippen molar-refractivity contribution in [3.63, 3.8) is 0 Å². The van der Waals surface area contributed by atoms with Gasteiger partial charge in [0.05, 0.1) is 4.47 Å². The third-order valence-electron chi connectivity index (χ3n) is 5.41. The lowest BCUT2D eigenvalue weighted by atomic mass is 9.82. The van der Waals surface area contributed by atoms with Crippen LogP contribution in [-0.2, 0) is 0 Å². The predicted octanol–water partition coefficient (Wildman–Crippen LogP) is 5.46. The molecule has 0 aliphatic heterocycles. The summed E-state index contributed by atoms with van der Waals surface area (Å²) in [4.78, 5) is 0. The molecule has 3 heteroatoms. The zero-order valence-electron chi connectivity index (χ0n) is 12.7. The second kappa shape index (κ2) is 6.78. The second-order valence-corrected chi connectivity index (χ2v) is 7.71. The molecule has 3 rings (SSSR count). The van der Waals surface area contributed by atoms with Gasteiger partial charge in [-0.3, -0.25) is 0 Å². The van der Waals surface area contributed by atoms with Gasteiger partial charge in [-0.2, -0.15) is 0 Å². The third kappa shape index (κ3) is 3.50. The van der Waals surface area contributed by atoms with Crippen LogP contribution in [0.1, 0.15) is 57.1 Å². The first kappa shape index (κ1) is 15.5. The van der Waals surface area contributed by atoms with Crippen LogP contribution < -0.4 is 5.32 Å². The van der Waals surface area contributed by atoms with E-state index in [1.165, 1.54) is 37.7 Å². The van der Waals surface area contributed by atoms with Crippen LogP contribution >= 0.6 is 15.9 Å². The van der Waals surface area contributed by atoms with Crippen molar-refractivity contribution in [2.45, 2.75) is 51.5 Å². The van der Waals surface area contributed by atoms with Crippen LogP contribution in [0.3, 0.4) is 0 Å². The summed E-state index contributed by atoms with van der Waals surface area (Å²) in [5, 5.41) is 3.68. The molecule has 4 unspecified atom stereocenters. The van der Waals surface area contributed by atoms with Crippen LogP contribution in [-0.4, -0.2) is 6.54 Å². The summed E-state index contributed by atoms with van der Waals surface area (Å²) in [5.74, 6) is 2.63. The molecule has 116 valence electrons. The van der Waals surface area contributed by atoms with Crippen molar-refractivity contribution in [1.29, 1.82) is 0 Å². The van der Waals surface area contributed by atoms with E-state index in [9.17, 15) is 4.39 Å². The number of benzene rings is 1. The minimum atomic E-state index is -0.173. The van der Waals surface area contributed by atoms with Crippen molar-refractivity contribution in [1.82, 2.24) is 5.32 Å². The Morgan fingerprint density at radius 1 is 1.33 bits per heavy atom. The Bertz CT molecular complexity index is 490. The van der Waals surface area contributed by atoms with E-state index in [-0.39, 0.29) is 5.82 Å². The van der Waals surface area contributed by atoms with Crippen molar-refractivity contribution in [2.24, 2.45) is 17.8 Å². The van der Waals surface area contributed by atoms with Gasteiger partial charge in [0.15, 0.2) is 0 Å². The molecular weight excluding hydrogens is 329 g/mol. The lowest BCUT2D eigenvalue weighted by Gasteiger charge is -2.28. The van der Waals surface area contributed by atoms with Crippen LogP contribution in [0.25, 0.3) is 0 Å². The van der Waals surface area contributed by atoms with E-state index in [0.29, 0.717) is 10.5 Å². The topological polar surface area (TPSA) is 12.0 Å². The van der Waals surface area contributed by atoms with Gasteiger partial charge in [-0.05, 0) is 90.0 Å². The number of nitrogens with one attached hydrogen (secondary N) is 1. The van der Waals surface area contributed by atoms with E-state index in [0.717, 1.165) is 30.7 Å². The summed E-state index contributed by atoms with van der Waals surface area (Å²) in [7, 11) is 0. The van der Waals surface area contributed by atoms with Crippen molar-refractivity contribution in [3.8, 4) is 0 Å². The molecule has 21 heavy (non-hydrogen) atoms. The molecule has 0 saturated heterocycles. The average molecular weight is 354 g/mol. The highest BCUT2D eigenvalue weighted by Crippen LogP contribution is 2.51. The standard InChI is InChI=1S/C18H25BrFN/c1-2-7-21-18(14-5-6-17(20)16(19)10-14)11-15-9-12-3-4-13(15)8-12/h5-6,10,12-13,15,18,21H,2-4,7-9,11H2,1H3. The van der Waals surface area contributed by atoms with Crippen LogP contribution in [0.2, 0.25) is 0 Å². The number of hydrogen-bond acceptors (Lipinski definition) is 1. The molecule has 0 spiro atoms. The highest BCUT2D eigenvalue weighted by atomic mass is 79.9. The molecule has 2 bridgehead atoms. The molecule has 2 aliphatic carbocycles. The maximum Gasteiger partial charge on any atom is 0.137 e. The van der Waals surface area contributed by atoms with Gasteiger partial charge in [0.2, 0.25) is 0 Å². The van der Waals surface area contributed by atoms with Gasteiger partial charge in [0.1, 0.15) is 5.82 Å². The zero-order chi connectivity index (χ0) is 14.8. The Kier molecular flexibility index (Phi) is 5.00. The molecule has 2 aliphatic rings. The summed E-state index contributed by atoms with van der Waals surface area (Å²) in [6, 6.07) is 5.85. The molecule has 0 amide bonds. The molecule has 4 atom stereocenters. The van der Waals surface area contributed by atoms with Crippen molar-refractivity contribution < 1.29 is 4.39 Å². The van der Waals surface area contributed by atoms with Gasteiger partial charge in [-0.1, -0.05) is 19.4 Å². The molecule has 1 aromatic rings. The fourth-order valence-electron chi connectivity index (χ4n) is 4.35. The van der Waals surface area contributed by atoms with E-state index < -0.39 is 0 Å². The largest absolute Gasteiger partial charge is 0.310 e. The first-order chi connectivity index (χ1) is 10.2. The normalized spacial score (nSPS) is 29.0. The smallest absolute Gasteiger partial charge is 0.137 e. The van der Waals surface area contributed by atoms with Crippen LogP contribution in [0.4, 0.5) is 4.39 Å². The minimum absolute atomic E-state index is 0.173. The van der Waals surface area contributed by atoms with E-state index in [2.05, 4.69) is 28.2 Å². The monoisotopic (exact) mass is 353 g/mol. The molecule has 2 fully saturated rings. The SMILES string of the molecule is CCCNC(CC1CC2CCC1C2)c1ccc(F)c(Br)c1. The van der Waals surface area contributed by atoms with E-state index in [1.807, 2.05) is 12.1 Å². The van der Waals surface area contributed by atoms with Crippen LogP contribution in [0.5, 0.6) is 0 Å². The number of rotatable bonds is 6. The Hall–Kier alpha value is -0.410. The Morgan fingerprint density at radius 2 is 2.19 bits per heavy atom. The Balaban J connectivity index is 1.72. The summed E-state index contributed by atoms with van der Waals surface area (Å²) < 4.78 is 14.1. The molecule has 0 radical (unpaired) electrons. The van der Waals surface area contributed by atoms with Gasteiger partial charge in [0, 0.05) is 6.04 Å². The highest BCUT2D eigenvalue weighted by Gasteiger charge is 2.40. The summed E-state index contributed by atoms with van der Waals surface area (Å²) >= 11 is 3.33. The van der Waals surface area contributed by atoms with Crippen molar-refractivity contribution >= 4 is 15.9 Å². The number of hydrogen-bond donors (Lipinski definition) is 1. The molecule has 1 N–H and O–H groups in total. The first-order valence-electron chi connectivity index (χ1n) is 8.35. The van der Waals surface area contributed by atoms with E-state index >= 15 is 0 Å². The van der Waals surface area contributed by atoms with Crippen molar-refractivity contribution in [2.75, 3.05) is 6.54 Å². The minimum Gasteiger partial charge on any atom is -0.310 e. The van der Waals surface area contributed by atoms with E-state index in [4.69, 9.17) is 0 Å². The first-order valence-corrected chi connectivity index (χ1v) is 9.15. The molecule has 0 heterocycles. The summed E-state index contributed by atoms with van der Waals surface area (Å²) in [6.45, 7) is 3.22. The lowest BCUT2D eigenvalue weighted by Crippen LogP contribution is -2.26. The second-order valence-electron chi connectivity index (χ2n) is 6.85. The van der Waals surface area contributed by atoms with Gasteiger partial charge in [-0.15, -0.1) is 0 Å². The fraction of sp³-hybridized carbons (Fsp3) is 0.667. The molecule has 1 nitrogen and oxygen atoms in total. The summed E-state index contributed by atoms with van der Waals surface area (Å²) in [5.41, 5.74) is 1.22. The number of halogens is 2. The van der Waals surface area contributed by atoms with Gasteiger partial charge >= 0.3 is 0 Å². The average Bonchev–Trinajstić information content (AvgIpc) is 3.09. The third-order valence-corrected chi connectivity index (χ3v) is 6.02.